The third kappa shape index (κ3) is 2.91. The Morgan fingerprint density at radius 3 is 2.65 bits per heavy atom. The number of carbonyl (C=O) groups excluding carboxylic acids is 1. The van der Waals surface area contributed by atoms with Gasteiger partial charge in [-0.15, -0.1) is 0 Å². The maximum absolute atomic E-state index is 13.8. The molecule has 0 fully saturated rings. The number of hydrogen-bond acceptors (Lipinski definition) is 3. The number of amides is 1. The van der Waals surface area contributed by atoms with E-state index < -0.39 is 17.5 Å². The lowest BCUT2D eigenvalue weighted by atomic mass is 9.95. The molecule has 0 saturated carbocycles. The Kier molecular flexibility index (Phi) is 4.35. The van der Waals surface area contributed by atoms with Crippen molar-refractivity contribution >= 4 is 11.4 Å². The Balaban J connectivity index is 1.54. The molecule has 1 atom stereocenters. The highest BCUT2D eigenvalue weighted by Crippen LogP contribution is 2.37. The second kappa shape index (κ2) is 6.97. The van der Waals surface area contributed by atoms with Crippen LogP contribution in [0.5, 0.6) is 0 Å². The molecule has 4 heterocycles. The van der Waals surface area contributed by atoms with Gasteiger partial charge in [0.05, 0.1) is 34.7 Å². The van der Waals surface area contributed by atoms with Crippen LogP contribution < -0.4 is 0 Å². The minimum absolute atomic E-state index is 0.143. The third-order valence-corrected chi connectivity index (χ3v) is 5.83. The number of pyridine rings is 1. The van der Waals surface area contributed by atoms with Crippen LogP contribution >= 0.6 is 0 Å². The summed E-state index contributed by atoms with van der Waals surface area (Å²) < 4.78 is 44.2. The van der Waals surface area contributed by atoms with E-state index in [1.165, 1.54) is 4.68 Å². The lowest BCUT2D eigenvalue weighted by Crippen LogP contribution is -2.39. The highest BCUT2D eigenvalue weighted by atomic mass is 19.2. The third-order valence-electron chi connectivity index (χ3n) is 5.83. The predicted molar refractivity (Wildman–Crippen MR) is 107 cm³/mol. The van der Waals surface area contributed by atoms with E-state index in [-0.39, 0.29) is 17.5 Å². The maximum atomic E-state index is 13.8. The molecule has 0 saturated heterocycles. The molecule has 0 radical (unpaired) electrons. The Morgan fingerprint density at radius 2 is 1.90 bits per heavy atom. The summed E-state index contributed by atoms with van der Waals surface area (Å²) in [5, 5.41) is 8.71. The number of hydrogen-bond donors (Lipinski definition) is 0. The smallest absolute Gasteiger partial charge is 0.256 e. The van der Waals surface area contributed by atoms with Gasteiger partial charge in [-0.25, -0.2) is 17.7 Å². The summed E-state index contributed by atoms with van der Waals surface area (Å²) in [6.45, 7) is 2.28. The van der Waals surface area contributed by atoms with E-state index in [0.717, 1.165) is 17.7 Å². The number of aromatic nitrogens is 4. The summed E-state index contributed by atoms with van der Waals surface area (Å²) in [6, 6.07) is 6.90. The van der Waals surface area contributed by atoms with Crippen molar-refractivity contribution in [3.05, 3.63) is 77.0 Å². The largest absolute Gasteiger partial charge is 0.330 e. The van der Waals surface area contributed by atoms with E-state index in [4.69, 9.17) is 0 Å². The van der Waals surface area contributed by atoms with Crippen LogP contribution in [0, 0.1) is 17.5 Å². The van der Waals surface area contributed by atoms with Crippen LogP contribution in [-0.4, -0.2) is 36.7 Å². The molecule has 1 aromatic carbocycles. The molecule has 9 heteroatoms. The van der Waals surface area contributed by atoms with Gasteiger partial charge in [0.25, 0.3) is 5.91 Å². The molecule has 4 aromatic rings. The highest BCUT2D eigenvalue weighted by Gasteiger charge is 2.34. The number of nitrogens with zero attached hydrogens (tertiary/aromatic N) is 5. The van der Waals surface area contributed by atoms with Crippen LogP contribution in [0.3, 0.4) is 0 Å². The van der Waals surface area contributed by atoms with Crippen molar-refractivity contribution in [3.63, 3.8) is 0 Å². The van der Waals surface area contributed by atoms with E-state index in [0.29, 0.717) is 35.4 Å². The fraction of sp³-hybridized carbons (Fsp3) is 0.227. The monoisotopic (exact) mass is 425 g/mol. The summed E-state index contributed by atoms with van der Waals surface area (Å²) in [5.74, 6) is -4.15. The van der Waals surface area contributed by atoms with Gasteiger partial charge < -0.3 is 4.90 Å². The van der Waals surface area contributed by atoms with Gasteiger partial charge in [-0.05, 0) is 43.7 Å². The van der Waals surface area contributed by atoms with Crippen molar-refractivity contribution in [2.24, 2.45) is 7.05 Å². The molecule has 1 amide bonds. The molecule has 5 rings (SSSR count). The quantitative estimate of drug-likeness (QED) is 0.458. The van der Waals surface area contributed by atoms with Gasteiger partial charge in [-0.1, -0.05) is 0 Å². The van der Waals surface area contributed by atoms with E-state index in [2.05, 4.69) is 10.2 Å². The topological polar surface area (TPSA) is 55.4 Å². The zero-order valence-electron chi connectivity index (χ0n) is 16.8. The zero-order valence-corrected chi connectivity index (χ0v) is 16.8. The predicted octanol–water partition coefficient (Wildman–Crippen LogP) is 3.91. The molecule has 0 aliphatic carbocycles. The van der Waals surface area contributed by atoms with Crippen molar-refractivity contribution in [2.45, 2.75) is 19.4 Å². The van der Waals surface area contributed by atoms with E-state index in [9.17, 15) is 18.0 Å². The zero-order chi connectivity index (χ0) is 21.9. The molecule has 0 bridgehead atoms. The van der Waals surface area contributed by atoms with Crippen molar-refractivity contribution in [3.8, 4) is 11.3 Å². The number of benzene rings is 1. The molecule has 6 nitrogen and oxygen atoms in total. The number of fused-ring (bicyclic) bond motifs is 2. The molecule has 0 N–H and O–H groups in total. The molecular weight excluding hydrogens is 407 g/mol. The molecule has 158 valence electrons. The summed E-state index contributed by atoms with van der Waals surface area (Å²) in [7, 11) is 1.67. The van der Waals surface area contributed by atoms with Gasteiger partial charge in [0.2, 0.25) is 0 Å². The first kappa shape index (κ1) is 19.3. The van der Waals surface area contributed by atoms with Gasteiger partial charge >= 0.3 is 0 Å². The Labute approximate surface area is 175 Å². The summed E-state index contributed by atoms with van der Waals surface area (Å²) in [5.41, 5.74) is 3.43. The standard InChI is InChI=1S/C22H18F3N5O/c1-12-20-15(21(28(2)27-20)13-10-16(23)19(25)17(24)11-13)6-9-29(12)22(31)14-4-3-8-30-18(14)5-7-26-30/h3-5,7-8,10-12H,6,9H2,1-2H3. The lowest BCUT2D eigenvalue weighted by Gasteiger charge is -2.33. The van der Waals surface area contributed by atoms with Gasteiger partial charge in [-0.3, -0.25) is 9.48 Å². The first-order chi connectivity index (χ1) is 14.9. The normalized spacial score (nSPS) is 16.0. The summed E-state index contributed by atoms with van der Waals surface area (Å²) in [4.78, 5) is 15.1. The molecule has 31 heavy (non-hydrogen) atoms. The molecule has 1 unspecified atom stereocenters. The van der Waals surface area contributed by atoms with E-state index in [1.54, 1.807) is 47.1 Å². The van der Waals surface area contributed by atoms with Crippen LogP contribution in [0.15, 0.2) is 42.7 Å². The second-order valence-electron chi connectivity index (χ2n) is 7.60. The molecule has 1 aliphatic rings. The molecular formula is C22H18F3N5O. The minimum atomic E-state index is -1.50. The Morgan fingerprint density at radius 1 is 1.16 bits per heavy atom. The van der Waals surface area contributed by atoms with Crippen molar-refractivity contribution in [1.29, 1.82) is 0 Å². The number of carbonyl (C=O) groups is 1. The van der Waals surface area contributed by atoms with Crippen molar-refractivity contribution < 1.29 is 18.0 Å². The lowest BCUT2D eigenvalue weighted by molar-refractivity contribution is 0.0675. The molecule has 1 aliphatic heterocycles. The van der Waals surface area contributed by atoms with Crippen LogP contribution in [0.2, 0.25) is 0 Å². The molecule has 0 spiro atoms. The minimum Gasteiger partial charge on any atom is -0.330 e. The van der Waals surface area contributed by atoms with Crippen LogP contribution in [0.1, 0.15) is 34.6 Å². The van der Waals surface area contributed by atoms with E-state index in [1.807, 2.05) is 6.92 Å². The SMILES string of the molecule is CC1c2nn(C)c(-c3cc(F)c(F)c(F)c3)c2CCN1C(=O)c1cccn2nccc12. The van der Waals surface area contributed by atoms with E-state index >= 15 is 0 Å². The van der Waals surface area contributed by atoms with Crippen molar-refractivity contribution in [1.82, 2.24) is 24.3 Å². The van der Waals surface area contributed by atoms with Crippen molar-refractivity contribution in [2.75, 3.05) is 6.54 Å². The van der Waals surface area contributed by atoms with Crippen LogP contribution in [0.4, 0.5) is 13.2 Å². The average Bonchev–Trinajstić information content (AvgIpc) is 3.35. The highest BCUT2D eigenvalue weighted by molar-refractivity contribution is 6.01. The Bertz CT molecular complexity index is 1320. The second-order valence-corrected chi connectivity index (χ2v) is 7.60. The van der Waals surface area contributed by atoms with Gasteiger partial charge in [0.15, 0.2) is 17.5 Å². The molecule has 3 aromatic heterocycles. The maximum Gasteiger partial charge on any atom is 0.256 e. The Hall–Kier alpha value is -3.62. The number of halogens is 3. The average molecular weight is 425 g/mol. The van der Waals surface area contributed by atoms with Gasteiger partial charge in [-0.2, -0.15) is 10.2 Å². The van der Waals surface area contributed by atoms with Crippen LogP contribution in [-0.2, 0) is 13.5 Å². The first-order valence-electron chi connectivity index (χ1n) is 9.81. The summed E-state index contributed by atoms with van der Waals surface area (Å²) >= 11 is 0. The fourth-order valence-electron chi connectivity index (χ4n) is 4.36. The first-order valence-corrected chi connectivity index (χ1v) is 9.81. The van der Waals surface area contributed by atoms with Crippen LogP contribution in [0.25, 0.3) is 16.8 Å². The van der Waals surface area contributed by atoms with Gasteiger partial charge in [0, 0.05) is 30.9 Å². The number of rotatable bonds is 2. The summed E-state index contributed by atoms with van der Waals surface area (Å²) in [6.07, 6.45) is 3.86. The number of aryl methyl sites for hydroxylation is 1. The van der Waals surface area contributed by atoms with Gasteiger partial charge in [0.1, 0.15) is 0 Å². The fourth-order valence-corrected chi connectivity index (χ4v) is 4.36.